The SMILES string of the molecule is Nc1ccc(C(=O)O)cc1.O=C(O)c1ccc(N2C(=O)C(Br)=C(Br)C2=O)cc1.O=C1OC(=O)C(Br)=C1Br. The molecule has 4 N–H and O–H groups in total. The lowest BCUT2D eigenvalue weighted by Gasteiger charge is -2.14. The largest absolute Gasteiger partial charge is 0.478 e. The number of benzene rings is 2. The summed E-state index contributed by atoms with van der Waals surface area (Å²) in [6, 6.07) is 11.5. The molecule has 0 radical (unpaired) electrons. The molecule has 192 valence electrons. The van der Waals surface area contributed by atoms with Crippen molar-refractivity contribution in [3.63, 3.8) is 0 Å². The molecule has 2 aromatic rings. The molecule has 0 atom stereocenters. The number of halogens is 4. The number of imide groups is 1. The van der Waals surface area contributed by atoms with Gasteiger partial charge in [0.2, 0.25) is 0 Å². The van der Waals surface area contributed by atoms with E-state index in [2.05, 4.69) is 68.5 Å². The predicted octanol–water partition coefficient (Wildman–Crippen LogP) is 4.30. The van der Waals surface area contributed by atoms with Crippen LogP contribution in [0.3, 0.4) is 0 Å². The fraction of sp³-hybridized carbons (Fsp3) is 0. The zero-order valence-electron chi connectivity index (χ0n) is 17.9. The number of anilines is 2. The van der Waals surface area contributed by atoms with E-state index in [9.17, 15) is 28.8 Å². The van der Waals surface area contributed by atoms with E-state index in [1.165, 1.54) is 36.4 Å². The zero-order chi connectivity index (χ0) is 28.0. The lowest BCUT2D eigenvalue weighted by atomic mass is 10.2. The van der Waals surface area contributed by atoms with Gasteiger partial charge in [0.25, 0.3) is 11.8 Å². The molecule has 0 saturated carbocycles. The van der Waals surface area contributed by atoms with Gasteiger partial charge in [-0.1, -0.05) is 0 Å². The Morgan fingerprint density at radius 2 is 1.00 bits per heavy atom. The Morgan fingerprint density at radius 1 is 0.649 bits per heavy atom. The number of aromatic carboxylic acids is 2. The molecule has 4 rings (SSSR count). The number of carboxylic acid groups (broad SMARTS) is 2. The van der Waals surface area contributed by atoms with Gasteiger partial charge in [0.05, 0.1) is 16.8 Å². The first-order valence-electron chi connectivity index (χ1n) is 9.44. The fourth-order valence-electron chi connectivity index (χ4n) is 2.44. The van der Waals surface area contributed by atoms with E-state index in [1.54, 1.807) is 12.1 Å². The molecule has 0 spiro atoms. The lowest BCUT2D eigenvalue weighted by molar-refractivity contribution is -0.150. The Hall–Kier alpha value is -3.14. The molecule has 2 aromatic carbocycles. The van der Waals surface area contributed by atoms with Crippen LogP contribution in [0.5, 0.6) is 0 Å². The number of amides is 2. The van der Waals surface area contributed by atoms with E-state index in [1.807, 2.05) is 0 Å². The number of esters is 2. The third-order valence-electron chi connectivity index (χ3n) is 4.24. The second-order valence-electron chi connectivity index (χ2n) is 6.66. The Morgan fingerprint density at radius 3 is 1.30 bits per heavy atom. The Bertz CT molecular complexity index is 1320. The molecule has 2 amide bonds. The summed E-state index contributed by atoms with van der Waals surface area (Å²) in [5, 5.41) is 17.2. The van der Waals surface area contributed by atoms with Gasteiger partial charge >= 0.3 is 23.9 Å². The number of ether oxygens (including phenoxy) is 1. The van der Waals surface area contributed by atoms with Crippen LogP contribution in [0.2, 0.25) is 0 Å². The van der Waals surface area contributed by atoms with Gasteiger partial charge in [-0.15, -0.1) is 0 Å². The first-order chi connectivity index (χ1) is 17.3. The van der Waals surface area contributed by atoms with Crippen molar-refractivity contribution in [3.05, 3.63) is 77.6 Å². The highest BCUT2D eigenvalue weighted by Gasteiger charge is 2.37. The molecular weight excluding hydrogens is 756 g/mol. The number of nitrogens with two attached hydrogens (primary N) is 1. The van der Waals surface area contributed by atoms with Gasteiger partial charge in [0.15, 0.2) is 0 Å². The normalized spacial score (nSPS) is 14.6. The maximum absolute atomic E-state index is 11.8. The number of nitrogens with zero attached hydrogens (tertiary/aromatic N) is 1. The van der Waals surface area contributed by atoms with Gasteiger partial charge in [-0.2, -0.15) is 0 Å². The van der Waals surface area contributed by atoms with Crippen LogP contribution in [-0.4, -0.2) is 45.9 Å². The second-order valence-corrected chi connectivity index (χ2v) is 9.83. The van der Waals surface area contributed by atoms with Crippen LogP contribution in [0.15, 0.2) is 66.5 Å². The standard InChI is InChI=1S/C11H5Br2NO4.C7H7NO2.C4Br2O3/c12-7-8(13)10(16)14(9(7)15)6-3-1-5(2-4-6)11(17)18;8-6-3-1-5(2-4-6)7(9)10;5-1-2(6)4(8)9-3(1)7/h1-4H,(H,17,18);1-4H,8H2,(H,9,10);. The maximum Gasteiger partial charge on any atom is 0.354 e. The molecule has 0 aromatic heterocycles. The van der Waals surface area contributed by atoms with Crippen molar-refractivity contribution in [1.29, 1.82) is 0 Å². The Kier molecular flexibility index (Phi) is 10.5. The topological polar surface area (TPSA) is 181 Å². The summed E-state index contributed by atoms with van der Waals surface area (Å²) >= 11 is 11.7. The third kappa shape index (κ3) is 7.44. The summed E-state index contributed by atoms with van der Waals surface area (Å²) < 4.78 is 4.73. The molecule has 0 unspecified atom stereocenters. The van der Waals surface area contributed by atoms with Crippen LogP contribution >= 0.6 is 63.7 Å². The van der Waals surface area contributed by atoms with E-state index in [4.69, 9.17) is 15.9 Å². The van der Waals surface area contributed by atoms with Crippen molar-refractivity contribution >= 4 is 111 Å². The Labute approximate surface area is 241 Å². The number of nitrogen functional groups attached to an aromatic ring is 1. The van der Waals surface area contributed by atoms with E-state index < -0.39 is 35.7 Å². The predicted molar refractivity (Wildman–Crippen MR) is 145 cm³/mol. The van der Waals surface area contributed by atoms with Crippen molar-refractivity contribution < 1.29 is 43.7 Å². The lowest BCUT2D eigenvalue weighted by Crippen LogP contribution is -2.30. The van der Waals surface area contributed by atoms with Crippen molar-refractivity contribution in [2.75, 3.05) is 10.6 Å². The van der Waals surface area contributed by atoms with Crippen molar-refractivity contribution in [2.24, 2.45) is 0 Å². The van der Waals surface area contributed by atoms with Crippen molar-refractivity contribution in [3.8, 4) is 0 Å². The first-order valence-corrected chi connectivity index (χ1v) is 12.6. The number of carbonyl (C=O) groups excluding carboxylic acids is 4. The average molecular weight is 768 g/mol. The molecule has 0 fully saturated rings. The van der Waals surface area contributed by atoms with Crippen molar-refractivity contribution in [1.82, 2.24) is 0 Å². The molecule has 0 aliphatic carbocycles. The molecule has 2 heterocycles. The van der Waals surface area contributed by atoms with E-state index in [0.29, 0.717) is 11.4 Å². The number of carboxylic acids is 2. The number of hydrogen-bond acceptors (Lipinski definition) is 8. The fourth-order valence-corrected chi connectivity index (χ4v) is 3.62. The van der Waals surface area contributed by atoms with Crippen LogP contribution in [0, 0.1) is 0 Å². The monoisotopic (exact) mass is 764 g/mol. The minimum atomic E-state index is -1.07. The van der Waals surface area contributed by atoms with Gasteiger partial charge in [0, 0.05) is 5.69 Å². The smallest absolute Gasteiger partial charge is 0.354 e. The summed E-state index contributed by atoms with van der Waals surface area (Å²) in [4.78, 5) is 66.4. The molecule has 2 aliphatic heterocycles. The van der Waals surface area contributed by atoms with Crippen molar-refractivity contribution in [2.45, 2.75) is 0 Å². The van der Waals surface area contributed by atoms with Gasteiger partial charge in [-0.05, 0) is 112 Å². The molecular formula is C22H12Br4N2O9. The minimum absolute atomic E-state index is 0.0870. The van der Waals surface area contributed by atoms with Crippen LogP contribution in [-0.2, 0) is 23.9 Å². The summed E-state index contributed by atoms with van der Waals surface area (Å²) in [7, 11) is 0. The minimum Gasteiger partial charge on any atom is -0.478 e. The number of cyclic esters (lactones) is 2. The molecule has 0 bridgehead atoms. The number of rotatable bonds is 3. The van der Waals surface area contributed by atoms with E-state index in [0.717, 1.165) is 4.90 Å². The molecule has 11 nitrogen and oxygen atoms in total. The molecule has 2 aliphatic rings. The maximum atomic E-state index is 11.8. The van der Waals surface area contributed by atoms with Gasteiger partial charge in [-0.3, -0.25) is 9.59 Å². The summed E-state index contributed by atoms with van der Waals surface area (Å²) in [5.41, 5.74) is 6.57. The van der Waals surface area contributed by atoms with Crippen LogP contribution < -0.4 is 10.6 Å². The molecule has 15 heteroatoms. The second kappa shape index (κ2) is 12.9. The Balaban J connectivity index is 0.000000214. The quantitative estimate of drug-likeness (QED) is 0.176. The number of carbonyl (C=O) groups is 6. The third-order valence-corrected chi connectivity index (χ3v) is 8.22. The highest BCUT2D eigenvalue weighted by molar-refractivity contribution is 9.15. The highest BCUT2D eigenvalue weighted by atomic mass is 79.9. The summed E-state index contributed by atoms with van der Waals surface area (Å²) in [6.07, 6.45) is 0. The molecule has 37 heavy (non-hydrogen) atoms. The van der Waals surface area contributed by atoms with E-state index >= 15 is 0 Å². The van der Waals surface area contributed by atoms with Crippen LogP contribution in [0.25, 0.3) is 0 Å². The van der Waals surface area contributed by atoms with Crippen LogP contribution in [0.4, 0.5) is 11.4 Å². The number of hydrogen-bond donors (Lipinski definition) is 3. The summed E-state index contributed by atoms with van der Waals surface area (Å²) in [6.45, 7) is 0. The van der Waals surface area contributed by atoms with Gasteiger partial charge < -0.3 is 20.7 Å². The zero-order valence-corrected chi connectivity index (χ0v) is 24.3. The van der Waals surface area contributed by atoms with Gasteiger partial charge in [-0.25, -0.2) is 24.1 Å². The van der Waals surface area contributed by atoms with Crippen LogP contribution in [0.1, 0.15) is 20.7 Å². The average Bonchev–Trinajstić information content (AvgIpc) is 3.20. The summed E-state index contributed by atoms with van der Waals surface area (Å²) in [5.74, 6) is -4.27. The van der Waals surface area contributed by atoms with Gasteiger partial charge in [0.1, 0.15) is 17.9 Å². The molecule has 0 saturated heterocycles. The van der Waals surface area contributed by atoms with E-state index in [-0.39, 0.29) is 29.1 Å². The first kappa shape index (κ1) is 30.1. The highest BCUT2D eigenvalue weighted by Crippen LogP contribution is 2.33.